The van der Waals surface area contributed by atoms with Crippen molar-refractivity contribution < 1.29 is 4.79 Å². The average Bonchev–Trinajstić information content (AvgIpc) is 2.50. The van der Waals surface area contributed by atoms with E-state index in [-0.39, 0.29) is 5.91 Å². The first kappa shape index (κ1) is 13.4. The molecule has 0 saturated heterocycles. The summed E-state index contributed by atoms with van der Waals surface area (Å²) in [7, 11) is 0. The van der Waals surface area contributed by atoms with E-state index in [4.69, 9.17) is 17.3 Å². The SMILES string of the molecule is Nc1ccc(Cl)c(NC(=O)c2nccc3ccccc23)c1. The Balaban J connectivity index is 1.99. The fourth-order valence-corrected chi connectivity index (χ4v) is 2.29. The van der Waals surface area contributed by atoms with Gasteiger partial charge in [0.25, 0.3) is 5.91 Å². The van der Waals surface area contributed by atoms with Gasteiger partial charge in [-0.15, -0.1) is 0 Å². The molecule has 4 nitrogen and oxygen atoms in total. The molecule has 0 spiro atoms. The maximum atomic E-state index is 12.4. The zero-order chi connectivity index (χ0) is 14.8. The van der Waals surface area contributed by atoms with Crippen molar-refractivity contribution in [1.82, 2.24) is 4.98 Å². The maximum Gasteiger partial charge on any atom is 0.274 e. The lowest BCUT2D eigenvalue weighted by Crippen LogP contribution is -2.14. The van der Waals surface area contributed by atoms with Crippen LogP contribution in [0.4, 0.5) is 11.4 Å². The molecule has 0 unspecified atom stereocenters. The molecule has 0 atom stereocenters. The molecule has 0 aliphatic rings. The van der Waals surface area contributed by atoms with E-state index < -0.39 is 0 Å². The summed E-state index contributed by atoms with van der Waals surface area (Å²) in [6.07, 6.45) is 1.61. The van der Waals surface area contributed by atoms with Gasteiger partial charge >= 0.3 is 0 Å². The monoisotopic (exact) mass is 297 g/mol. The van der Waals surface area contributed by atoms with Crippen molar-refractivity contribution in [3.63, 3.8) is 0 Å². The summed E-state index contributed by atoms with van der Waals surface area (Å²) >= 11 is 6.06. The first-order chi connectivity index (χ1) is 10.1. The van der Waals surface area contributed by atoms with Gasteiger partial charge in [-0.2, -0.15) is 0 Å². The van der Waals surface area contributed by atoms with Crippen LogP contribution in [0.15, 0.2) is 54.7 Å². The van der Waals surface area contributed by atoms with Crippen LogP contribution in [0.5, 0.6) is 0 Å². The number of fused-ring (bicyclic) bond motifs is 1. The van der Waals surface area contributed by atoms with Crippen molar-refractivity contribution in [2.24, 2.45) is 0 Å². The van der Waals surface area contributed by atoms with Gasteiger partial charge in [-0.3, -0.25) is 9.78 Å². The highest BCUT2D eigenvalue weighted by atomic mass is 35.5. The molecule has 1 heterocycles. The molecule has 0 aliphatic heterocycles. The Morgan fingerprint density at radius 3 is 2.81 bits per heavy atom. The normalized spacial score (nSPS) is 10.5. The molecule has 1 amide bonds. The van der Waals surface area contributed by atoms with Gasteiger partial charge in [-0.05, 0) is 29.7 Å². The van der Waals surface area contributed by atoms with Crippen LogP contribution in [-0.4, -0.2) is 10.9 Å². The Bertz CT molecular complexity index is 827. The zero-order valence-corrected chi connectivity index (χ0v) is 11.8. The number of anilines is 2. The predicted octanol–water partition coefficient (Wildman–Crippen LogP) is 3.72. The van der Waals surface area contributed by atoms with Crippen molar-refractivity contribution in [2.75, 3.05) is 11.1 Å². The molecule has 3 rings (SSSR count). The Kier molecular flexibility index (Phi) is 3.46. The number of rotatable bonds is 2. The number of halogens is 1. The van der Waals surface area contributed by atoms with E-state index in [1.165, 1.54) is 0 Å². The Morgan fingerprint density at radius 2 is 1.95 bits per heavy atom. The molecule has 1 aromatic heterocycles. The molecular weight excluding hydrogens is 286 g/mol. The lowest BCUT2D eigenvalue weighted by molar-refractivity contribution is 0.102. The second kappa shape index (κ2) is 5.42. The molecule has 0 radical (unpaired) electrons. The van der Waals surface area contributed by atoms with Crippen LogP contribution in [0.1, 0.15) is 10.5 Å². The second-order valence-corrected chi connectivity index (χ2v) is 4.98. The highest BCUT2D eigenvalue weighted by Crippen LogP contribution is 2.25. The molecular formula is C16H12ClN3O. The summed E-state index contributed by atoms with van der Waals surface area (Å²) < 4.78 is 0. The Hall–Kier alpha value is -2.59. The molecule has 3 N–H and O–H groups in total. The number of aromatic nitrogens is 1. The van der Waals surface area contributed by atoms with E-state index >= 15 is 0 Å². The summed E-state index contributed by atoms with van der Waals surface area (Å²) in [6.45, 7) is 0. The number of hydrogen-bond donors (Lipinski definition) is 2. The summed E-state index contributed by atoms with van der Waals surface area (Å²) in [4.78, 5) is 16.6. The predicted molar refractivity (Wildman–Crippen MR) is 85.6 cm³/mol. The molecule has 5 heteroatoms. The minimum atomic E-state index is -0.320. The average molecular weight is 298 g/mol. The van der Waals surface area contributed by atoms with Crippen LogP contribution in [0, 0.1) is 0 Å². The number of nitrogens with one attached hydrogen (secondary N) is 1. The molecule has 2 aromatic carbocycles. The number of hydrogen-bond acceptors (Lipinski definition) is 3. The smallest absolute Gasteiger partial charge is 0.274 e. The van der Waals surface area contributed by atoms with Crippen molar-refractivity contribution in [3.8, 4) is 0 Å². The van der Waals surface area contributed by atoms with Gasteiger partial charge in [0.15, 0.2) is 0 Å². The van der Waals surface area contributed by atoms with E-state index in [9.17, 15) is 4.79 Å². The summed E-state index contributed by atoms with van der Waals surface area (Å²) in [5.74, 6) is -0.320. The lowest BCUT2D eigenvalue weighted by Gasteiger charge is -2.09. The molecule has 0 aliphatic carbocycles. The fourth-order valence-electron chi connectivity index (χ4n) is 2.12. The molecule has 104 valence electrons. The van der Waals surface area contributed by atoms with Crippen LogP contribution >= 0.6 is 11.6 Å². The van der Waals surface area contributed by atoms with E-state index in [0.717, 1.165) is 10.8 Å². The number of carbonyl (C=O) groups is 1. The number of carbonyl (C=O) groups excluding carboxylic acids is 1. The number of nitrogen functional groups attached to an aromatic ring is 1. The van der Waals surface area contributed by atoms with Gasteiger partial charge in [-0.1, -0.05) is 35.9 Å². The zero-order valence-electron chi connectivity index (χ0n) is 11.0. The van der Waals surface area contributed by atoms with Crippen LogP contribution in [0.2, 0.25) is 5.02 Å². The van der Waals surface area contributed by atoms with Crippen molar-refractivity contribution in [3.05, 3.63) is 65.4 Å². The maximum absolute atomic E-state index is 12.4. The quantitative estimate of drug-likeness (QED) is 0.708. The minimum absolute atomic E-state index is 0.320. The van der Waals surface area contributed by atoms with Crippen LogP contribution < -0.4 is 11.1 Å². The molecule has 0 saturated carbocycles. The fraction of sp³-hybridized carbons (Fsp3) is 0. The molecule has 3 aromatic rings. The molecule has 21 heavy (non-hydrogen) atoms. The number of pyridine rings is 1. The second-order valence-electron chi connectivity index (χ2n) is 4.57. The van der Waals surface area contributed by atoms with Gasteiger partial charge in [0, 0.05) is 17.3 Å². The van der Waals surface area contributed by atoms with Crippen molar-refractivity contribution in [1.29, 1.82) is 0 Å². The first-order valence-electron chi connectivity index (χ1n) is 6.35. The highest BCUT2D eigenvalue weighted by molar-refractivity contribution is 6.34. The third-order valence-electron chi connectivity index (χ3n) is 3.13. The number of amides is 1. The third kappa shape index (κ3) is 2.66. The lowest BCUT2D eigenvalue weighted by atomic mass is 10.1. The summed E-state index contributed by atoms with van der Waals surface area (Å²) in [5, 5.41) is 4.92. The number of benzene rings is 2. The topological polar surface area (TPSA) is 68.0 Å². The van der Waals surface area contributed by atoms with Crippen LogP contribution in [-0.2, 0) is 0 Å². The van der Waals surface area contributed by atoms with Gasteiger partial charge in [0.1, 0.15) is 5.69 Å². The minimum Gasteiger partial charge on any atom is -0.399 e. The van der Waals surface area contributed by atoms with Gasteiger partial charge in [-0.25, -0.2) is 0 Å². The summed E-state index contributed by atoms with van der Waals surface area (Å²) in [5.41, 5.74) is 7.06. The van der Waals surface area contributed by atoms with Crippen molar-refractivity contribution in [2.45, 2.75) is 0 Å². The van der Waals surface area contributed by atoms with Crippen LogP contribution in [0.25, 0.3) is 10.8 Å². The van der Waals surface area contributed by atoms with Crippen molar-refractivity contribution >= 4 is 39.7 Å². The first-order valence-corrected chi connectivity index (χ1v) is 6.73. The van der Waals surface area contributed by atoms with Gasteiger partial charge in [0.05, 0.1) is 10.7 Å². The van der Waals surface area contributed by atoms with E-state index in [1.807, 2.05) is 30.3 Å². The largest absolute Gasteiger partial charge is 0.399 e. The van der Waals surface area contributed by atoms with Gasteiger partial charge in [0.2, 0.25) is 0 Å². The third-order valence-corrected chi connectivity index (χ3v) is 3.46. The molecule has 0 bridgehead atoms. The number of nitrogens with two attached hydrogens (primary N) is 1. The highest BCUT2D eigenvalue weighted by Gasteiger charge is 2.13. The Morgan fingerprint density at radius 1 is 1.14 bits per heavy atom. The Labute approximate surface area is 126 Å². The summed E-state index contributed by atoms with van der Waals surface area (Å²) in [6, 6.07) is 14.4. The van der Waals surface area contributed by atoms with Crippen LogP contribution in [0.3, 0.4) is 0 Å². The number of nitrogens with zero attached hydrogens (tertiary/aromatic N) is 1. The molecule has 0 fully saturated rings. The standard InChI is InChI=1S/C16H12ClN3O/c17-13-6-5-11(18)9-14(13)20-16(21)15-12-4-2-1-3-10(12)7-8-19-15/h1-9H,18H2,(H,20,21). The van der Waals surface area contributed by atoms with E-state index in [0.29, 0.717) is 22.1 Å². The van der Waals surface area contributed by atoms with E-state index in [1.54, 1.807) is 24.4 Å². The van der Waals surface area contributed by atoms with Gasteiger partial charge < -0.3 is 11.1 Å². The van der Waals surface area contributed by atoms with E-state index in [2.05, 4.69) is 10.3 Å².